The van der Waals surface area contributed by atoms with E-state index in [0.717, 1.165) is 18.3 Å². The maximum atomic E-state index is 9.68. The molecule has 0 saturated carbocycles. The molecule has 0 bridgehead atoms. The van der Waals surface area contributed by atoms with Gasteiger partial charge in [0.1, 0.15) is 0 Å². The summed E-state index contributed by atoms with van der Waals surface area (Å²) in [5, 5.41) is 7.98. The third-order valence-electron chi connectivity index (χ3n) is 0.268. The van der Waals surface area contributed by atoms with Crippen molar-refractivity contribution in [2.24, 2.45) is 0 Å². The van der Waals surface area contributed by atoms with Gasteiger partial charge in [0.25, 0.3) is 0 Å². The molecule has 4 heteroatoms. The predicted molar refractivity (Wildman–Crippen MR) is 31.4 cm³/mol. The number of carboxylic acids is 1. The third-order valence-corrected chi connectivity index (χ3v) is 1.39. The molecule has 0 saturated heterocycles. The molecule has 8 heavy (non-hydrogen) atoms. The Morgan fingerprint density at radius 1 is 1.88 bits per heavy atom. The number of hydrogen-bond acceptors (Lipinski definition) is 1. The molecule has 0 aliphatic rings. The zero-order chi connectivity index (χ0) is 7.15. The maximum Gasteiger partial charge on any atom is -0.0564 e. The van der Waals surface area contributed by atoms with E-state index in [9.17, 15) is 4.79 Å². The van der Waals surface area contributed by atoms with Crippen LogP contribution in [-0.2, 0) is 23.1 Å². The van der Waals surface area contributed by atoms with Crippen LogP contribution < -0.4 is 0 Å². The Bertz CT molecular complexity index is 65.1. The molecule has 0 aromatic heterocycles. The minimum Gasteiger partial charge on any atom is -0.0654 e. The smallest absolute Gasteiger partial charge is 0.0564 e. The Hall–Kier alpha value is 0.573. The molecule has 1 unspecified atom stereocenters. The molecule has 0 aromatic rings. The van der Waals surface area contributed by atoms with Crippen molar-refractivity contribution in [3.63, 3.8) is 0 Å². The summed E-state index contributed by atoms with van der Waals surface area (Å²) in [6.45, 7) is 5.00. The van der Waals surface area contributed by atoms with Crippen molar-refractivity contribution >= 4 is 21.9 Å². The van der Waals surface area contributed by atoms with Crippen LogP contribution in [0.5, 0.6) is 0 Å². The topological polar surface area (TPSA) is 37.3 Å². The number of rotatable bonds is 1. The number of hydrogen-bond donors (Lipinski definition) is 1. The molecule has 0 spiro atoms. The van der Waals surface area contributed by atoms with Crippen LogP contribution in [0.2, 0.25) is 0 Å². The quantitative estimate of drug-likeness (QED) is 0.544. The largest absolute Gasteiger partial charge is 0.0654 e. The second-order valence-corrected chi connectivity index (χ2v) is 6.13. The molecular weight excluding hydrogens is 225 g/mol. The van der Waals surface area contributed by atoms with E-state index in [1.807, 2.05) is 0 Å². The van der Waals surface area contributed by atoms with E-state index in [0.29, 0.717) is 0 Å². The van der Waals surface area contributed by atoms with Gasteiger partial charge in [-0.05, 0) is 0 Å². The van der Waals surface area contributed by atoms with Crippen molar-refractivity contribution in [1.29, 1.82) is 0 Å². The van der Waals surface area contributed by atoms with Gasteiger partial charge in [-0.25, -0.2) is 0 Å². The molecule has 0 amide bonds. The molecule has 44 valence electrons. The minimum atomic E-state index is -0.769. The van der Waals surface area contributed by atoms with E-state index in [4.69, 9.17) is 5.11 Å². The average Bonchev–Trinajstić information content (AvgIpc) is 1.72. The maximum absolute atomic E-state index is 9.68. The summed E-state index contributed by atoms with van der Waals surface area (Å²) in [5.41, 5.74) is 0. The summed E-state index contributed by atoms with van der Waals surface area (Å²) < 4.78 is -0.294. The summed E-state index contributed by atoms with van der Waals surface area (Å²) in [4.78, 5) is 9.68. The van der Waals surface area contributed by atoms with Crippen LogP contribution in [0.1, 0.15) is 6.92 Å². The first-order valence-corrected chi connectivity index (χ1v) is 4.68. The van der Waals surface area contributed by atoms with Gasteiger partial charge in [0.2, 0.25) is 0 Å². The third kappa shape index (κ3) is 9.76. The van der Waals surface area contributed by atoms with Gasteiger partial charge in [-0.3, -0.25) is 0 Å². The van der Waals surface area contributed by atoms with Crippen molar-refractivity contribution in [1.82, 2.24) is 0 Å². The Labute approximate surface area is 67.5 Å². The molecule has 1 atom stereocenters. The molecule has 0 aliphatic carbocycles. The SMILES string of the molecule is O=C(O)[CH]([Zn])Br.[CH2]C. The van der Waals surface area contributed by atoms with Crippen molar-refractivity contribution in [2.75, 3.05) is 0 Å². The van der Waals surface area contributed by atoms with Crippen molar-refractivity contribution in [3.05, 3.63) is 6.92 Å². The van der Waals surface area contributed by atoms with E-state index < -0.39 is 5.97 Å². The van der Waals surface area contributed by atoms with Crippen molar-refractivity contribution in [3.8, 4) is 0 Å². The van der Waals surface area contributed by atoms with E-state index in [1.165, 1.54) is 0 Å². The molecule has 0 fully saturated rings. The van der Waals surface area contributed by atoms with Crippen LogP contribution in [0, 0.1) is 6.92 Å². The van der Waals surface area contributed by atoms with Crippen LogP contribution >= 0.6 is 15.9 Å². The zero-order valence-corrected chi connectivity index (χ0v) is 9.28. The predicted octanol–water partition coefficient (Wildman–Crippen LogP) is 1.18. The normalized spacial score (nSPS) is 11.1. The molecule has 0 aromatic carbocycles. The number of aliphatic carboxylic acids is 1. The van der Waals surface area contributed by atoms with Crippen LogP contribution in [0.3, 0.4) is 0 Å². The average molecular weight is 232 g/mol. The number of carboxylic acid groups (broad SMARTS) is 1. The Morgan fingerprint density at radius 2 is 2.00 bits per heavy atom. The van der Waals surface area contributed by atoms with Gasteiger partial charge in [0.15, 0.2) is 0 Å². The van der Waals surface area contributed by atoms with Crippen LogP contribution in [0.4, 0.5) is 0 Å². The molecular formula is C4H7BrO2Zn. The molecule has 0 rings (SSSR count). The number of alkyl halides is 1. The van der Waals surface area contributed by atoms with Crippen molar-refractivity contribution < 1.29 is 28.2 Å². The fraction of sp³-hybridized carbons (Fsp3) is 0.500. The number of halogens is 1. The van der Waals surface area contributed by atoms with E-state index in [-0.39, 0.29) is 3.42 Å². The monoisotopic (exact) mass is 230 g/mol. The van der Waals surface area contributed by atoms with Gasteiger partial charge >= 0.3 is 53.5 Å². The second kappa shape index (κ2) is 7.57. The minimum absolute atomic E-state index is 0.294. The Morgan fingerprint density at radius 3 is 2.00 bits per heavy atom. The second-order valence-electron chi connectivity index (χ2n) is 0.806. The fourth-order valence-electron chi connectivity index (χ4n) is 0. The summed E-state index contributed by atoms with van der Waals surface area (Å²) in [7, 11) is 0. The first kappa shape index (κ1) is 11.4. The molecule has 1 radical (unpaired) electrons. The van der Waals surface area contributed by atoms with Crippen LogP contribution in [0.15, 0.2) is 0 Å². The van der Waals surface area contributed by atoms with Crippen molar-refractivity contribution in [2.45, 2.75) is 10.3 Å². The first-order valence-electron chi connectivity index (χ1n) is 2.05. The molecule has 0 heterocycles. The van der Waals surface area contributed by atoms with Gasteiger partial charge in [-0.1, -0.05) is 13.8 Å². The summed E-state index contributed by atoms with van der Waals surface area (Å²) in [6, 6.07) is 0. The summed E-state index contributed by atoms with van der Waals surface area (Å²) in [6.07, 6.45) is 0. The van der Waals surface area contributed by atoms with Gasteiger partial charge in [0, 0.05) is 0 Å². The van der Waals surface area contributed by atoms with Gasteiger partial charge < -0.3 is 0 Å². The molecule has 0 aliphatic heterocycles. The van der Waals surface area contributed by atoms with E-state index in [1.54, 1.807) is 6.92 Å². The Kier molecular flexibility index (Phi) is 10.8. The Balaban J connectivity index is 0. The summed E-state index contributed by atoms with van der Waals surface area (Å²) in [5.74, 6) is -0.769. The molecule has 2 nitrogen and oxygen atoms in total. The van der Waals surface area contributed by atoms with Gasteiger partial charge in [-0.15, -0.1) is 0 Å². The zero-order valence-electron chi connectivity index (χ0n) is 4.72. The summed E-state index contributed by atoms with van der Waals surface area (Å²) >= 11 is 3.65. The standard InChI is InChI=1S/C2H2BrO2.C2H5.Zn/c3-1-2(4)5;1-2;/h1H,(H,4,5);1H2,2H3;. The molecule has 1 N–H and O–H groups in total. The van der Waals surface area contributed by atoms with E-state index in [2.05, 4.69) is 22.9 Å². The van der Waals surface area contributed by atoms with Gasteiger partial charge in [-0.2, -0.15) is 0 Å². The van der Waals surface area contributed by atoms with Gasteiger partial charge in [0.05, 0.1) is 0 Å². The van der Waals surface area contributed by atoms with Crippen LogP contribution in [-0.4, -0.2) is 14.5 Å². The van der Waals surface area contributed by atoms with E-state index >= 15 is 0 Å². The van der Waals surface area contributed by atoms with Crippen LogP contribution in [0.25, 0.3) is 0 Å². The first-order chi connectivity index (χ1) is 3.64. The fourth-order valence-corrected chi connectivity index (χ4v) is 0. The number of carbonyl (C=O) groups is 1.